The second-order valence-corrected chi connectivity index (χ2v) is 5.58. The molecule has 1 N–H and O–H groups in total. The van der Waals surface area contributed by atoms with Gasteiger partial charge in [0.05, 0.1) is 5.25 Å². The van der Waals surface area contributed by atoms with Crippen LogP contribution in [-0.4, -0.2) is 27.9 Å². The lowest BCUT2D eigenvalue weighted by Crippen LogP contribution is -2.32. The molecule has 13 heavy (non-hydrogen) atoms. The summed E-state index contributed by atoms with van der Waals surface area (Å²) in [6.07, 6.45) is 4.60. The zero-order chi connectivity index (χ0) is 9.52. The Morgan fingerprint density at radius 3 is 3.00 bits per heavy atom. The SMILES string of the molecule is O=C(NCCCCI)C1CCCS1. The minimum Gasteiger partial charge on any atom is -0.355 e. The third-order valence-corrected chi connectivity index (χ3v) is 4.22. The van der Waals surface area contributed by atoms with Crippen LogP contribution in [0.15, 0.2) is 0 Å². The summed E-state index contributed by atoms with van der Waals surface area (Å²) in [4.78, 5) is 11.5. The van der Waals surface area contributed by atoms with E-state index in [1.165, 1.54) is 17.3 Å². The van der Waals surface area contributed by atoms with Gasteiger partial charge >= 0.3 is 0 Å². The van der Waals surface area contributed by atoms with Crippen molar-refractivity contribution in [3.05, 3.63) is 0 Å². The molecule has 1 rings (SSSR count). The van der Waals surface area contributed by atoms with Gasteiger partial charge in [-0.1, -0.05) is 22.6 Å². The molecule has 0 saturated carbocycles. The molecule has 1 fully saturated rings. The fourth-order valence-corrected chi connectivity index (χ4v) is 3.05. The Morgan fingerprint density at radius 2 is 2.38 bits per heavy atom. The summed E-state index contributed by atoms with van der Waals surface area (Å²) in [5.74, 6) is 1.42. The number of alkyl halides is 1. The fraction of sp³-hybridized carbons (Fsp3) is 0.889. The highest BCUT2D eigenvalue weighted by Crippen LogP contribution is 2.25. The molecule has 1 atom stereocenters. The molecule has 0 radical (unpaired) electrons. The number of halogens is 1. The molecule has 0 spiro atoms. The molecule has 4 heteroatoms. The largest absolute Gasteiger partial charge is 0.355 e. The maximum Gasteiger partial charge on any atom is 0.233 e. The van der Waals surface area contributed by atoms with Crippen molar-refractivity contribution < 1.29 is 4.79 Å². The van der Waals surface area contributed by atoms with Crippen LogP contribution in [0.2, 0.25) is 0 Å². The zero-order valence-electron chi connectivity index (χ0n) is 7.72. The van der Waals surface area contributed by atoms with E-state index >= 15 is 0 Å². The first kappa shape index (κ1) is 11.6. The van der Waals surface area contributed by atoms with Gasteiger partial charge in [0.25, 0.3) is 0 Å². The number of amides is 1. The lowest BCUT2D eigenvalue weighted by atomic mass is 10.2. The predicted octanol–water partition coefficient (Wildman–Crippen LogP) is 2.21. The fourth-order valence-electron chi connectivity index (χ4n) is 1.33. The van der Waals surface area contributed by atoms with Crippen molar-refractivity contribution in [2.24, 2.45) is 0 Å². The summed E-state index contributed by atoms with van der Waals surface area (Å²) in [6.45, 7) is 0.860. The molecule has 1 amide bonds. The number of rotatable bonds is 5. The Balaban J connectivity index is 2.03. The summed E-state index contributed by atoms with van der Waals surface area (Å²) in [5.41, 5.74) is 0. The van der Waals surface area contributed by atoms with Crippen LogP contribution < -0.4 is 5.32 Å². The van der Waals surface area contributed by atoms with E-state index < -0.39 is 0 Å². The summed E-state index contributed by atoms with van der Waals surface area (Å²) in [5, 5.41) is 3.25. The van der Waals surface area contributed by atoms with Crippen LogP contribution in [0.1, 0.15) is 25.7 Å². The van der Waals surface area contributed by atoms with Gasteiger partial charge in [-0.3, -0.25) is 4.79 Å². The van der Waals surface area contributed by atoms with E-state index in [4.69, 9.17) is 0 Å². The average Bonchev–Trinajstić information content (AvgIpc) is 2.65. The minimum absolute atomic E-state index is 0.250. The molecule has 0 aromatic heterocycles. The van der Waals surface area contributed by atoms with Crippen LogP contribution in [0.25, 0.3) is 0 Å². The Hall–Kier alpha value is 0.550. The normalized spacial score (nSPS) is 21.8. The van der Waals surface area contributed by atoms with Gasteiger partial charge in [-0.15, -0.1) is 11.8 Å². The molecule has 1 heterocycles. The predicted molar refractivity (Wildman–Crippen MR) is 66.6 cm³/mol. The van der Waals surface area contributed by atoms with Gasteiger partial charge in [0.1, 0.15) is 0 Å². The van der Waals surface area contributed by atoms with E-state index in [0.717, 1.165) is 25.1 Å². The van der Waals surface area contributed by atoms with Crippen molar-refractivity contribution in [2.75, 3.05) is 16.7 Å². The van der Waals surface area contributed by atoms with E-state index in [0.29, 0.717) is 0 Å². The number of hydrogen-bond donors (Lipinski definition) is 1. The van der Waals surface area contributed by atoms with Gasteiger partial charge in [-0.25, -0.2) is 0 Å². The molecular formula is C9H16INOS. The van der Waals surface area contributed by atoms with Gasteiger partial charge in [0.2, 0.25) is 5.91 Å². The van der Waals surface area contributed by atoms with E-state index in [2.05, 4.69) is 27.9 Å². The molecule has 0 aromatic carbocycles. The first-order valence-corrected chi connectivity index (χ1v) is 7.37. The van der Waals surface area contributed by atoms with Crippen molar-refractivity contribution in [3.63, 3.8) is 0 Å². The third-order valence-electron chi connectivity index (χ3n) is 2.08. The van der Waals surface area contributed by atoms with Crippen molar-refractivity contribution >= 4 is 40.3 Å². The van der Waals surface area contributed by atoms with E-state index in [1.54, 1.807) is 11.8 Å². The summed E-state index contributed by atoms with van der Waals surface area (Å²) < 4.78 is 1.19. The summed E-state index contributed by atoms with van der Waals surface area (Å²) in [7, 11) is 0. The quantitative estimate of drug-likeness (QED) is 0.479. The molecular weight excluding hydrogens is 297 g/mol. The van der Waals surface area contributed by atoms with Crippen LogP contribution in [0, 0.1) is 0 Å². The van der Waals surface area contributed by atoms with E-state index in [1.807, 2.05) is 0 Å². The monoisotopic (exact) mass is 313 g/mol. The zero-order valence-corrected chi connectivity index (χ0v) is 10.7. The van der Waals surface area contributed by atoms with Crippen LogP contribution >= 0.6 is 34.4 Å². The number of carbonyl (C=O) groups excluding carboxylic acids is 1. The Morgan fingerprint density at radius 1 is 1.54 bits per heavy atom. The summed E-state index contributed by atoms with van der Waals surface area (Å²) >= 11 is 4.17. The van der Waals surface area contributed by atoms with Crippen molar-refractivity contribution in [2.45, 2.75) is 30.9 Å². The molecule has 1 unspecified atom stereocenters. The molecule has 1 aliphatic heterocycles. The molecule has 0 aromatic rings. The highest BCUT2D eigenvalue weighted by Gasteiger charge is 2.22. The van der Waals surface area contributed by atoms with Crippen LogP contribution in [-0.2, 0) is 4.79 Å². The second kappa shape index (κ2) is 6.92. The maximum absolute atomic E-state index is 11.5. The van der Waals surface area contributed by atoms with Crippen molar-refractivity contribution in [1.29, 1.82) is 0 Å². The Kier molecular flexibility index (Phi) is 6.19. The molecule has 0 aliphatic carbocycles. The first-order chi connectivity index (χ1) is 6.34. The Bertz CT molecular complexity index is 160. The standard InChI is InChI=1S/C9H16INOS/c10-5-1-2-6-11-9(12)8-4-3-7-13-8/h8H,1-7H2,(H,11,12). The van der Waals surface area contributed by atoms with Crippen LogP contribution in [0.3, 0.4) is 0 Å². The molecule has 1 saturated heterocycles. The maximum atomic E-state index is 11.5. The first-order valence-electron chi connectivity index (χ1n) is 4.80. The van der Waals surface area contributed by atoms with E-state index in [-0.39, 0.29) is 11.2 Å². The number of nitrogens with one attached hydrogen (secondary N) is 1. The van der Waals surface area contributed by atoms with E-state index in [9.17, 15) is 4.79 Å². The molecule has 76 valence electrons. The summed E-state index contributed by atoms with van der Waals surface area (Å²) in [6, 6.07) is 0. The second-order valence-electron chi connectivity index (χ2n) is 3.19. The number of thioether (sulfide) groups is 1. The van der Waals surface area contributed by atoms with Crippen LogP contribution in [0.4, 0.5) is 0 Å². The van der Waals surface area contributed by atoms with Gasteiger partial charge in [-0.2, -0.15) is 0 Å². The molecule has 0 bridgehead atoms. The highest BCUT2D eigenvalue weighted by atomic mass is 127. The van der Waals surface area contributed by atoms with Crippen molar-refractivity contribution in [1.82, 2.24) is 5.32 Å². The molecule has 1 aliphatic rings. The third kappa shape index (κ3) is 4.54. The average molecular weight is 313 g/mol. The van der Waals surface area contributed by atoms with Gasteiger partial charge < -0.3 is 5.32 Å². The van der Waals surface area contributed by atoms with Crippen LogP contribution in [0.5, 0.6) is 0 Å². The van der Waals surface area contributed by atoms with Gasteiger partial charge in [0.15, 0.2) is 0 Å². The van der Waals surface area contributed by atoms with Gasteiger partial charge in [-0.05, 0) is 35.9 Å². The van der Waals surface area contributed by atoms with Crippen molar-refractivity contribution in [3.8, 4) is 0 Å². The highest BCUT2D eigenvalue weighted by molar-refractivity contribution is 14.1. The number of carbonyl (C=O) groups is 1. The smallest absolute Gasteiger partial charge is 0.233 e. The number of unbranched alkanes of at least 4 members (excludes halogenated alkanes) is 1. The number of hydrogen-bond acceptors (Lipinski definition) is 2. The Labute approximate surface area is 97.7 Å². The lowest BCUT2D eigenvalue weighted by Gasteiger charge is -2.08. The lowest BCUT2D eigenvalue weighted by molar-refractivity contribution is -0.120. The minimum atomic E-state index is 0.250. The topological polar surface area (TPSA) is 29.1 Å². The van der Waals surface area contributed by atoms with Gasteiger partial charge in [0, 0.05) is 6.54 Å². The molecule has 2 nitrogen and oxygen atoms in total.